The third-order valence-corrected chi connectivity index (χ3v) is 6.16. The molecule has 0 saturated heterocycles. The minimum atomic E-state index is -3.53. The molecule has 31 heavy (non-hydrogen) atoms. The summed E-state index contributed by atoms with van der Waals surface area (Å²) in [5.74, 6) is -0.414. The number of amides is 1. The Balaban J connectivity index is 2.04. The Labute approximate surface area is 180 Å². The molecule has 1 aliphatic heterocycles. The van der Waals surface area contributed by atoms with Gasteiger partial charge in [-0.2, -0.15) is 0 Å². The molecule has 10 nitrogen and oxygen atoms in total. The molecule has 11 heteroatoms. The van der Waals surface area contributed by atoms with Gasteiger partial charge in [-0.3, -0.25) is 18.2 Å². The Morgan fingerprint density at radius 3 is 2.58 bits per heavy atom. The van der Waals surface area contributed by atoms with Crippen LogP contribution in [0.15, 0.2) is 59.3 Å². The van der Waals surface area contributed by atoms with E-state index in [1.165, 1.54) is 26.2 Å². The lowest BCUT2D eigenvalue weighted by Gasteiger charge is -2.46. The minimum Gasteiger partial charge on any atom is -0.452 e. The molecule has 1 unspecified atom stereocenters. The molecule has 2 heterocycles. The molecule has 1 aromatic heterocycles. The van der Waals surface area contributed by atoms with Crippen LogP contribution in [0.2, 0.25) is 0 Å². The molecule has 2 aromatic rings. The molecule has 0 spiro atoms. The summed E-state index contributed by atoms with van der Waals surface area (Å²) in [6.45, 7) is 3.21. The maximum Gasteiger partial charge on any atom is 0.511 e. The number of pyridine rings is 1. The van der Waals surface area contributed by atoms with Crippen molar-refractivity contribution < 1.29 is 32.9 Å². The Bertz CT molecular complexity index is 997. The lowest BCUT2D eigenvalue weighted by atomic mass is 10.1. The van der Waals surface area contributed by atoms with Gasteiger partial charge in [-0.05, 0) is 31.2 Å². The fourth-order valence-corrected chi connectivity index (χ4v) is 4.33. The predicted molar refractivity (Wildman–Crippen MR) is 114 cm³/mol. The van der Waals surface area contributed by atoms with E-state index in [-0.39, 0.29) is 34.3 Å². The second kappa shape index (κ2) is 9.25. The maximum atomic E-state index is 13.1. The van der Waals surface area contributed by atoms with Gasteiger partial charge in [-0.15, -0.1) is 0 Å². The molecule has 0 fully saturated rings. The van der Waals surface area contributed by atoms with Crippen LogP contribution in [0.5, 0.6) is 0 Å². The lowest BCUT2D eigenvalue weighted by molar-refractivity contribution is -0.114. The van der Waals surface area contributed by atoms with Crippen molar-refractivity contribution in [2.45, 2.75) is 25.0 Å². The molecule has 1 amide bonds. The molecule has 0 bridgehead atoms. The topological polar surface area (TPSA) is 130 Å². The second-order valence-electron chi connectivity index (χ2n) is 6.35. The number of aromatic nitrogens is 1. The highest BCUT2D eigenvalue weighted by atomic mass is 32.3. The number of likely N-dealkylation sites (N-methyl/N-ethyl adjacent to an activating group) is 1. The summed E-state index contributed by atoms with van der Waals surface area (Å²) < 4.78 is 38.3. The molecule has 1 atom stereocenters. The summed E-state index contributed by atoms with van der Waals surface area (Å²) in [6.07, 6.45) is -0.561. The number of rotatable bonds is 6. The highest BCUT2D eigenvalue weighted by molar-refractivity contribution is 8.22. The van der Waals surface area contributed by atoms with Gasteiger partial charge in [0.15, 0.2) is 11.5 Å². The SMILES string of the molecule is CCOC(=O)OC(C)OC1=C(C(=O)Nc2ccccn2)N(C)S(O)(O)c2ccccc21. The summed E-state index contributed by atoms with van der Waals surface area (Å²) >= 11 is 0. The van der Waals surface area contributed by atoms with Gasteiger partial charge in [0.05, 0.1) is 11.5 Å². The first-order valence-corrected chi connectivity index (χ1v) is 10.8. The van der Waals surface area contributed by atoms with Crippen molar-refractivity contribution >= 4 is 34.4 Å². The molecule has 166 valence electrons. The van der Waals surface area contributed by atoms with Crippen molar-refractivity contribution in [1.29, 1.82) is 0 Å². The van der Waals surface area contributed by atoms with Gasteiger partial charge in [0.25, 0.3) is 5.91 Å². The minimum absolute atomic E-state index is 0.00885. The van der Waals surface area contributed by atoms with E-state index in [2.05, 4.69) is 10.3 Å². The predicted octanol–water partition coefficient (Wildman–Crippen LogP) is 3.89. The number of ether oxygens (including phenoxy) is 3. The summed E-state index contributed by atoms with van der Waals surface area (Å²) in [5.41, 5.74) is 0.120. The van der Waals surface area contributed by atoms with Crippen LogP contribution in [-0.2, 0) is 19.0 Å². The number of nitrogens with one attached hydrogen (secondary N) is 1. The summed E-state index contributed by atoms with van der Waals surface area (Å²) in [6, 6.07) is 11.4. The Hall–Kier alpha value is -3.28. The summed E-state index contributed by atoms with van der Waals surface area (Å²) in [4.78, 5) is 29.0. The average Bonchev–Trinajstić information content (AvgIpc) is 2.73. The Kier molecular flexibility index (Phi) is 6.68. The van der Waals surface area contributed by atoms with Crippen LogP contribution >= 0.6 is 10.8 Å². The second-order valence-corrected chi connectivity index (χ2v) is 8.37. The standard InChI is InChI=1S/C20H23N3O7S/c1-4-28-20(25)30-13(2)29-18-14-9-5-6-10-15(14)31(26,27)23(3)17(18)19(24)22-16-11-7-8-12-21-16/h5-13,26-27H,4H2,1-3H3,(H,21,22,24). The van der Waals surface area contributed by atoms with E-state index >= 15 is 0 Å². The van der Waals surface area contributed by atoms with Gasteiger partial charge in [-0.1, -0.05) is 29.0 Å². The van der Waals surface area contributed by atoms with Crippen LogP contribution in [0.4, 0.5) is 10.6 Å². The number of hydrogen-bond donors (Lipinski definition) is 3. The average molecular weight is 449 g/mol. The largest absolute Gasteiger partial charge is 0.511 e. The van der Waals surface area contributed by atoms with Crippen LogP contribution in [-0.4, -0.2) is 50.4 Å². The van der Waals surface area contributed by atoms with Gasteiger partial charge < -0.3 is 19.5 Å². The van der Waals surface area contributed by atoms with E-state index in [1.54, 1.807) is 43.3 Å². The highest BCUT2D eigenvalue weighted by Crippen LogP contribution is 2.59. The third-order valence-electron chi connectivity index (χ3n) is 4.27. The van der Waals surface area contributed by atoms with Gasteiger partial charge in [-0.25, -0.2) is 9.78 Å². The molecule has 1 aliphatic rings. The fraction of sp³-hybridized carbons (Fsp3) is 0.250. The third kappa shape index (κ3) is 4.74. The molecule has 3 rings (SSSR count). The van der Waals surface area contributed by atoms with Crippen LogP contribution in [0.1, 0.15) is 19.4 Å². The van der Waals surface area contributed by atoms with Gasteiger partial charge >= 0.3 is 6.16 Å². The number of carbonyl (C=O) groups excluding carboxylic acids is 2. The zero-order chi connectivity index (χ0) is 22.6. The molecule has 1 aromatic carbocycles. The van der Waals surface area contributed by atoms with E-state index in [9.17, 15) is 18.7 Å². The molecule has 0 radical (unpaired) electrons. The first-order valence-electron chi connectivity index (χ1n) is 9.34. The number of carbonyl (C=O) groups is 2. The number of anilines is 1. The van der Waals surface area contributed by atoms with Crippen molar-refractivity contribution in [2.24, 2.45) is 0 Å². The number of fused-ring (bicyclic) bond motifs is 1. The molecular weight excluding hydrogens is 426 g/mol. The quantitative estimate of drug-likeness (QED) is 0.444. The molecule has 3 N–H and O–H groups in total. The normalized spacial score (nSPS) is 16.6. The summed E-state index contributed by atoms with van der Waals surface area (Å²) in [5, 5.41) is 2.60. The van der Waals surface area contributed by atoms with E-state index < -0.39 is 29.1 Å². The van der Waals surface area contributed by atoms with Crippen molar-refractivity contribution in [3.8, 4) is 0 Å². The molecular formula is C20H23N3O7S. The van der Waals surface area contributed by atoms with Gasteiger partial charge in [0.1, 0.15) is 5.82 Å². The fourth-order valence-electron chi connectivity index (χ4n) is 2.89. The van der Waals surface area contributed by atoms with Crippen LogP contribution in [0.25, 0.3) is 5.76 Å². The van der Waals surface area contributed by atoms with Crippen molar-refractivity contribution in [3.63, 3.8) is 0 Å². The van der Waals surface area contributed by atoms with E-state index in [0.29, 0.717) is 0 Å². The Morgan fingerprint density at radius 1 is 1.19 bits per heavy atom. The first-order chi connectivity index (χ1) is 14.8. The highest BCUT2D eigenvalue weighted by Gasteiger charge is 2.40. The van der Waals surface area contributed by atoms with E-state index in [1.807, 2.05) is 0 Å². The molecule has 0 saturated carbocycles. The zero-order valence-corrected chi connectivity index (χ0v) is 18.0. The number of benzene rings is 1. The Morgan fingerprint density at radius 2 is 1.90 bits per heavy atom. The number of hydrogen-bond acceptors (Lipinski definition) is 9. The summed E-state index contributed by atoms with van der Waals surface area (Å²) in [7, 11) is -2.17. The maximum absolute atomic E-state index is 13.1. The van der Waals surface area contributed by atoms with Gasteiger partial charge in [0.2, 0.25) is 6.29 Å². The first kappa shape index (κ1) is 22.4. The monoisotopic (exact) mass is 449 g/mol. The van der Waals surface area contributed by atoms with Crippen LogP contribution in [0.3, 0.4) is 0 Å². The van der Waals surface area contributed by atoms with Crippen LogP contribution in [0, 0.1) is 0 Å². The zero-order valence-electron chi connectivity index (χ0n) is 17.1. The lowest BCUT2D eigenvalue weighted by Crippen LogP contribution is -2.36. The van der Waals surface area contributed by atoms with Crippen molar-refractivity contribution in [3.05, 3.63) is 59.9 Å². The molecule has 0 aliphatic carbocycles. The van der Waals surface area contributed by atoms with Crippen molar-refractivity contribution in [2.75, 3.05) is 19.0 Å². The van der Waals surface area contributed by atoms with E-state index in [4.69, 9.17) is 14.2 Å². The smallest absolute Gasteiger partial charge is 0.452 e. The number of nitrogens with zero attached hydrogens (tertiary/aromatic N) is 2. The van der Waals surface area contributed by atoms with Gasteiger partial charge in [0, 0.05) is 25.7 Å². The van der Waals surface area contributed by atoms with E-state index in [0.717, 1.165) is 4.31 Å². The van der Waals surface area contributed by atoms with Crippen molar-refractivity contribution in [1.82, 2.24) is 9.29 Å². The van der Waals surface area contributed by atoms with Crippen LogP contribution < -0.4 is 5.32 Å².